The number of ether oxygens (including phenoxy) is 1. The van der Waals surface area contributed by atoms with Gasteiger partial charge in [0.05, 0.1) is 31.4 Å². The van der Waals surface area contributed by atoms with Crippen LogP contribution in [-0.4, -0.2) is 190 Å². The molecule has 536 valence electrons. The maximum absolute atomic E-state index is 15.6. The van der Waals surface area contributed by atoms with Crippen LogP contribution >= 0.6 is 0 Å². The first-order valence-electron chi connectivity index (χ1n) is 32.3. The van der Waals surface area contributed by atoms with Gasteiger partial charge in [-0.15, -0.1) is 0 Å². The SMILES string of the molecule is CC[C@H](C)[C@@H]1NC(=O)[C@@H](CCCN=C(N)N)NC(=O)[C@H](CC(C)C)NC(=O)[C@H]([C@H](O)C(C)C)NC(=O)[C@@H](NC(=O)[C@H](CC(C)(C)C)NC(=O)[C@@H](CC(C)(C)C)NC(=O)OC(C)(C)C)[C@@H](c2ccccc2)NC(=O)[C@H](CO)NC(=O)C(C)NC(=O)CNC(=O)[C@@H]([C@H](C)O)NC1=O. The van der Waals surface area contributed by atoms with Gasteiger partial charge in [-0.1, -0.05) is 120 Å². The number of nitrogens with zero attached hydrogens (tertiary/aromatic N) is 1. The quantitative estimate of drug-likeness (QED) is 0.0408. The number of aliphatic hydroxyl groups excluding tert-OH is 3. The minimum Gasteiger partial charge on any atom is -0.444 e. The van der Waals surface area contributed by atoms with Gasteiger partial charge in [-0.3, -0.25) is 57.7 Å². The Morgan fingerprint density at radius 3 is 1.66 bits per heavy atom. The lowest BCUT2D eigenvalue weighted by Gasteiger charge is -2.35. The molecule has 0 aromatic heterocycles. The van der Waals surface area contributed by atoms with Crippen molar-refractivity contribution in [1.82, 2.24) is 63.8 Å². The lowest BCUT2D eigenvalue weighted by atomic mass is 9.86. The average molecular weight is 1340 g/mol. The van der Waals surface area contributed by atoms with E-state index in [4.69, 9.17) is 16.2 Å². The third kappa shape index (κ3) is 29.6. The smallest absolute Gasteiger partial charge is 0.408 e. The van der Waals surface area contributed by atoms with Gasteiger partial charge in [-0.25, -0.2) is 4.79 Å². The van der Waals surface area contributed by atoms with Crippen LogP contribution in [0.25, 0.3) is 0 Å². The number of guanidine groups is 1. The van der Waals surface area contributed by atoms with Crippen molar-refractivity contribution in [1.29, 1.82) is 0 Å². The number of hydrogen-bond acceptors (Lipinski definition) is 17. The molecule has 14 atom stereocenters. The predicted octanol–water partition coefficient (Wildman–Crippen LogP) is -1.34. The molecule has 1 aromatic rings. The Morgan fingerprint density at radius 1 is 0.632 bits per heavy atom. The highest BCUT2D eigenvalue weighted by molar-refractivity contribution is 6.00. The molecule has 1 heterocycles. The van der Waals surface area contributed by atoms with E-state index in [2.05, 4.69) is 68.8 Å². The van der Waals surface area contributed by atoms with E-state index in [1.165, 1.54) is 52.0 Å². The molecule has 1 aromatic carbocycles. The predicted molar refractivity (Wildman–Crippen MR) is 353 cm³/mol. The van der Waals surface area contributed by atoms with E-state index in [1.54, 1.807) is 75.3 Å². The van der Waals surface area contributed by atoms with Crippen LogP contribution in [0, 0.1) is 28.6 Å². The molecule has 1 fully saturated rings. The van der Waals surface area contributed by atoms with Crippen LogP contribution < -0.4 is 75.3 Å². The Bertz CT molecular complexity index is 2810. The third-order valence-electron chi connectivity index (χ3n) is 15.0. The van der Waals surface area contributed by atoms with Gasteiger partial charge < -0.3 is 95.3 Å². The number of carbonyl (C=O) groups is 12. The molecule has 1 aliphatic heterocycles. The summed E-state index contributed by atoms with van der Waals surface area (Å²) in [4.78, 5) is 176. The molecule has 12 amide bonds. The Labute approximate surface area is 557 Å². The van der Waals surface area contributed by atoms with Crippen LogP contribution in [0.5, 0.6) is 0 Å². The summed E-state index contributed by atoms with van der Waals surface area (Å²) < 4.78 is 5.48. The summed E-state index contributed by atoms with van der Waals surface area (Å²) in [5.41, 5.74) is 8.92. The molecule has 0 bridgehead atoms. The number of aliphatic imine (C=N–C) groups is 1. The van der Waals surface area contributed by atoms with E-state index in [0.717, 1.165) is 0 Å². The summed E-state index contributed by atoms with van der Waals surface area (Å²) in [6, 6.07) is -10.6. The first-order valence-corrected chi connectivity index (χ1v) is 32.3. The zero-order chi connectivity index (χ0) is 72.6. The molecular formula is C64H109N15O16. The molecule has 2 rings (SSSR count). The molecule has 1 unspecified atom stereocenters. The lowest BCUT2D eigenvalue weighted by Crippen LogP contribution is -2.65. The van der Waals surface area contributed by atoms with E-state index in [0.29, 0.717) is 0 Å². The normalized spacial score (nSPS) is 24.1. The fourth-order valence-electron chi connectivity index (χ4n) is 9.87. The first kappa shape index (κ1) is 82.9. The summed E-state index contributed by atoms with van der Waals surface area (Å²) in [7, 11) is 0. The number of nitrogens with one attached hydrogen (secondary N) is 12. The maximum atomic E-state index is 15.6. The zero-order valence-electron chi connectivity index (χ0n) is 58.2. The van der Waals surface area contributed by atoms with E-state index < -0.39 is 191 Å². The number of carbonyl (C=O) groups excluding carboxylic acids is 12. The van der Waals surface area contributed by atoms with E-state index in [-0.39, 0.29) is 62.5 Å². The molecule has 1 aliphatic rings. The lowest BCUT2D eigenvalue weighted by molar-refractivity contribution is -0.139. The highest BCUT2D eigenvalue weighted by atomic mass is 16.6. The Kier molecular flexibility index (Phi) is 33.0. The average Bonchev–Trinajstić information content (AvgIpc) is 0.821. The van der Waals surface area contributed by atoms with Crippen LogP contribution in [0.3, 0.4) is 0 Å². The molecule has 0 radical (unpaired) electrons. The van der Waals surface area contributed by atoms with Crippen molar-refractivity contribution in [3.8, 4) is 0 Å². The van der Waals surface area contributed by atoms with E-state index in [9.17, 15) is 58.5 Å². The molecule has 0 saturated carbocycles. The van der Waals surface area contributed by atoms with Crippen molar-refractivity contribution < 1.29 is 77.6 Å². The molecule has 19 N–H and O–H groups in total. The number of nitrogens with two attached hydrogens (primary N) is 2. The number of aliphatic hydroxyl groups is 3. The van der Waals surface area contributed by atoms with Gasteiger partial charge in [0.15, 0.2) is 5.96 Å². The van der Waals surface area contributed by atoms with Crippen molar-refractivity contribution in [3.05, 3.63) is 35.9 Å². The second kappa shape index (κ2) is 37.8. The summed E-state index contributed by atoms with van der Waals surface area (Å²) >= 11 is 0. The van der Waals surface area contributed by atoms with Crippen LogP contribution in [0.2, 0.25) is 0 Å². The number of benzene rings is 1. The van der Waals surface area contributed by atoms with Crippen molar-refractivity contribution in [2.75, 3.05) is 19.7 Å². The summed E-state index contributed by atoms with van der Waals surface area (Å²) in [5.74, 6) is -13.5. The van der Waals surface area contributed by atoms with Gasteiger partial charge in [0.1, 0.15) is 66.0 Å². The largest absolute Gasteiger partial charge is 0.444 e. The van der Waals surface area contributed by atoms with Gasteiger partial charge in [-0.2, -0.15) is 0 Å². The number of rotatable bonds is 20. The summed E-state index contributed by atoms with van der Waals surface area (Å²) in [5, 5.41) is 64.0. The summed E-state index contributed by atoms with van der Waals surface area (Å²) in [6.07, 6.45) is -4.31. The van der Waals surface area contributed by atoms with Crippen LogP contribution in [0.1, 0.15) is 168 Å². The maximum Gasteiger partial charge on any atom is 0.408 e. The highest BCUT2D eigenvalue weighted by Crippen LogP contribution is 2.26. The minimum absolute atomic E-state index is 0.0252. The van der Waals surface area contributed by atoms with Gasteiger partial charge in [0.25, 0.3) is 0 Å². The van der Waals surface area contributed by atoms with Gasteiger partial charge in [0, 0.05) is 6.54 Å². The molecule has 1 saturated heterocycles. The molecule has 95 heavy (non-hydrogen) atoms. The molecule has 31 nitrogen and oxygen atoms in total. The number of amides is 12. The highest BCUT2D eigenvalue weighted by Gasteiger charge is 2.43. The van der Waals surface area contributed by atoms with E-state index >= 15 is 14.4 Å². The third-order valence-corrected chi connectivity index (χ3v) is 15.0. The van der Waals surface area contributed by atoms with Crippen molar-refractivity contribution >= 4 is 77.0 Å². The summed E-state index contributed by atoms with van der Waals surface area (Å²) in [6.45, 7) is 25.9. The Morgan fingerprint density at radius 2 is 1.15 bits per heavy atom. The van der Waals surface area contributed by atoms with Crippen molar-refractivity contribution in [3.63, 3.8) is 0 Å². The van der Waals surface area contributed by atoms with Gasteiger partial charge in [0.2, 0.25) is 65.0 Å². The first-order chi connectivity index (χ1) is 43.9. The second-order valence-corrected chi connectivity index (χ2v) is 28.4. The second-order valence-electron chi connectivity index (χ2n) is 28.4. The minimum atomic E-state index is -2.06. The molecule has 0 spiro atoms. The van der Waals surface area contributed by atoms with Crippen LogP contribution in [0.4, 0.5) is 4.79 Å². The van der Waals surface area contributed by atoms with E-state index in [1.807, 2.05) is 20.8 Å². The van der Waals surface area contributed by atoms with Gasteiger partial charge >= 0.3 is 6.09 Å². The fourth-order valence-corrected chi connectivity index (χ4v) is 9.87. The topological polar surface area (TPSA) is 484 Å². The Hall–Kier alpha value is -8.19. The molecule has 31 heteroatoms. The van der Waals surface area contributed by atoms with Crippen molar-refractivity contribution in [2.45, 2.75) is 240 Å². The van der Waals surface area contributed by atoms with Crippen LogP contribution in [-0.2, 0) is 57.5 Å². The molecular weight excluding hydrogens is 1230 g/mol. The monoisotopic (exact) mass is 1340 g/mol. The standard InChI is InChI=1S/C64H109N15O16/c1-18-34(6)44-57(91)76-45(36(8)81)56(90)68-30-43(82)69-35(7)50(84)73-42(31-80)55(89)77-46(37-23-20-19-21-24-37)47(78-54(88)40(28-62(9,10)11)72-53(87)41(29-63(12,13)14)74-61(94)95-64(15,16)17)58(92)79-48(49(83)33(4)5)59(93)71-39(27-32(2)3)52(86)70-38(51(85)75-44)25-22-26-67-60(65)66/h19-21,23-24,32-36,38-42,44-49,80-81,83H,18,22,25-31H2,1-17H3,(H,68,90)(H,69,82)(H,70,86)(H,71,93)(H,72,87)(H,73,84)(H,74,94)(H,75,85)(H,76,91)(H,77,89)(H,78,88)(H,79,92)(H4,65,66,67)/t34-,35?,36-,38+,39-,40-,41+,42-,44-,45+,46+,47-,48-,49+/m0/s1. The Balaban J connectivity index is 3.12. The van der Waals surface area contributed by atoms with Crippen LogP contribution in [0.15, 0.2) is 35.3 Å². The molecule has 0 aliphatic carbocycles. The fraction of sp³-hybridized carbons (Fsp3) is 0.703. The van der Waals surface area contributed by atoms with Gasteiger partial charge in [-0.05, 0) is 101 Å². The number of alkyl carbamates (subject to hydrolysis) is 1. The zero-order valence-corrected chi connectivity index (χ0v) is 58.2. The van der Waals surface area contributed by atoms with Crippen molar-refractivity contribution in [2.24, 2.45) is 45.0 Å². The number of hydrogen-bond donors (Lipinski definition) is 17.